The number of rotatable bonds is 6. The van der Waals surface area contributed by atoms with E-state index in [2.05, 4.69) is 10.3 Å². The average Bonchev–Trinajstić information content (AvgIpc) is 2.60. The number of carbonyl (C=O) groups is 2. The lowest BCUT2D eigenvalue weighted by Crippen LogP contribution is -2.11. The Morgan fingerprint density at radius 1 is 1.53 bits per heavy atom. The van der Waals surface area contributed by atoms with Gasteiger partial charge in [0.1, 0.15) is 0 Å². The summed E-state index contributed by atoms with van der Waals surface area (Å²) >= 11 is 1.25. The lowest BCUT2D eigenvalue weighted by Gasteiger charge is -2.02. The Hall–Kier alpha value is -1.63. The molecule has 1 aromatic rings. The van der Waals surface area contributed by atoms with Crippen LogP contribution in [0.1, 0.15) is 28.7 Å². The van der Waals surface area contributed by atoms with Gasteiger partial charge in [-0.15, -0.1) is 11.3 Å². The summed E-state index contributed by atoms with van der Waals surface area (Å²) < 4.78 is 4.76. The molecular weight excluding hydrogens is 244 g/mol. The monoisotopic (exact) mass is 258 g/mol. The van der Waals surface area contributed by atoms with E-state index >= 15 is 0 Å². The molecule has 1 aromatic heterocycles. The first-order chi connectivity index (χ1) is 8.04. The SMILES string of the molecule is CCOC(=O)CCNc1nc(C(=O)O)c(C)s1. The second kappa shape index (κ2) is 6.19. The van der Waals surface area contributed by atoms with Crippen molar-refractivity contribution >= 4 is 28.4 Å². The van der Waals surface area contributed by atoms with Crippen molar-refractivity contribution in [2.24, 2.45) is 0 Å². The molecule has 0 saturated heterocycles. The third-order valence-corrected chi connectivity index (χ3v) is 2.84. The number of aromatic carboxylic acids is 1. The normalized spacial score (nSPS) is 10.0. The minimum Gasteiger partial charge on any atom is -0.476 e. The maximum atomic E-state index is 11.0. The van der Waals surface area contributed by atoms with Gasteiger partial charge in [-0.05, 0) is 13.8 Å². The van der Waals surface area contributed by atoms with Crippen LogP contribution in [-0.4, -0.2) is 35.2 Å². The van der Waals surface area contributed by atoms with E-state index in [0.717, 1.165) is 0 Å². The molecule has 0 bridgehead atoms. The summed E-state index contributed by atoms with van der Waals surface area (Å²) in [4.78, 5) is 26.3. The summed E-state index contributed by atoms with van der Waals surface area (Å²) in [5.74, 6) is -1.33. The smallest absolute Gasteiger partial charge is 0.355 e. The summed E-state index contributed by atoms with van der Waals surface area (Å²) in [6.45, 7) is 4.18. The van der Waals surface area contributed by atoms with Crippen molar-refractivity contribution in [2.45, 2.75) is 20.3 Å². The molecule has 94 valence electrons. The van der Waals surface area contributed by atoms with Crippen LogP contribution in [0.25, 0.3) is 0 Å². The van der Waals surface area contributed by atoms with Crippen molar-refractivity contribution in [1.82, 2.24) is 4.98 Å². The van der Waals surface area contributed by atoms with Crippen molar-refractivity contribution in [2.75, 3.05) is 18.5 Å². The highest BCUT2D eigenvalue weighted by Gasteiger charge is 2.13. The minimum absolute atomic E-state index is 0.0497. The first kappa shape index (κ1) is 13.4. The second-order valence-electron chi connectivity index (χ2n) is 3.21. The fraction of sp³-hybridized carbons (Fsp3) is 0.500. The van der Waals surface area contributed by atoms with Gasteiger partial charge in [0, 0.05) is 11.4 Å². The molecule has 6 nitrogen and oxygen atoms in total. The number of aromatic nitrogens is 1. The number of hydrogen-bond acceptors (Lipinski definition) is 6. The summed E-state index contributed by atoms with van der Waals surface area (Å²) in [6, 6.07) is 0. The molecular formula is C10H14N2O4S. The molecule has 0 unspecified atom stereocenters. The molecule has 0 atom stereocenters. The van der Waals surface area contributed by atoms with Gasteiger partial charge in [0.15, 0.2) is 10.8 Å². The van der Waals surface area contributed by atoms with Crippen LogP contribution in [0.15, 0.2) is 0 Å². The Labute approximate surface area is 103 Å². The number of thiazole rings is 1. The predicted octanol–water partition coefficient (Wildman–Crippen LogP) is 1.51. The van der Waals surface area contributed by atoms with Gasteiger partial charge in [0.05, 0.1) is 13.0 Å². The summed E-state index contributed by atoms with van der Waals surface area (Å²) in [6.07, 6.45) is 0.231. The molecule has 0 fully saturated rings. The molecule has 0 saturated carbocycles. The Morgan fingerprint density at radius 2 is 2.24 bits per heavy atom. The molecule has 2 N–H and O–H groups in total. The van der Waals surface area contributed by atoms with Gasteiger partial charge in [0.25, 0.3) is 0 Å². The quantitative estimate of drug-likeness (QED) is 0.752. The minimum atomic E-state index is -1.04. The van der Waals surface area contributed by atoms with E-state index in [4.69, 9.17) is 9.84 Å². The van der Waals surface area contributed by atoms with E-state index in [9.17, 15) is 9.59 Å². The van der Waals surface area contributed by atoms with Gasteiger partial charge in [-0.25, -0.2) is 9.78 Å². The third-order valence-electron chi connectivity index (χ3n) is 1.91. The zero-order chi connectivity index (χ0) is 12.8. The highest BCUT2D eigenvalue weighted by molar-refractivity contribution is 7.15. The lowest BCUT2D eigenvalue weighted by molar-refractivity contribution is -0.142. The van der Waals surface area contributed by atoms with E-state index in [1.165, 1.54) is 11.3 Å². The van der Waals surface area contributed by atoms with Crippen LogP contribution in [-0.2, 0) is 9.53 Å². The van der Waals surface area contributed by atoms with Gasteiger partial charge in [-0.2, -0.15) is 0 Å². The molecule has 0 aliphatic carbocycles. The van der Waals surface area contributed by atoms with Crippen LogP contribution in [0.4, 0.5) is 5.13 Å². The average molecular weight is 258 g/mol. The first-order valence-electron chi connectivity index (χ1n) is 5.14. The topological polar surface area (TPSA) is 88.5 Å². The molecule has 1 heterocycles. The number of anilines is 1. The van der Waals surface area contributed by atoms with Crippen LogP contribution >= 0.6 is 11.3 Å². The summed E-state index contributed by atoms with van der Waals surface area (Å²) in [5, 5.41) is 12.2. The number of aryl methyl sites for hydroxylation is 1. The largest absolute Gasteiger partial charge is 0.476 e. The molecule has 0 aromatic carbocycles. The van der Waals surface area contributed by atoms with Gasteiger partial charge in [0.2, 0.25) is 0 Å². The Balaban J connectivity index is 2.45. The van der Waals surface area contributed by atoms with E-state index < -0.39 is 5.97 Å². The highest BCUT2D eigenvalue weighted by atomic mass is 32.1. The molecule has 0 radical (unpaired) electrons. The number of carbonyl (C=O) groups excluding carboxylic acids is 1. The van der Waals surface area contributed by atoms with Crippen molar-refractivity contribution in [3.63, 3.8) is 0 Å². The Bertz CT molecular complexity index is 416. The third kappa shape index (κ3) is 4.03. The van der Waals surface area contributed by atoms with E-state index in [1.807, 2.05) is 0 Å². The molecule has 0 aliphatic heterocycles. The number of esters is 1. The molecule has 0 spiro atoms. The fourth-order valence-electron chi connectivity index (χ4n) is 1.18. The van der Waals surface area contributed by atoms with E-state index in [1.54, 1.807) is 13.8 Å². The standard InChI is InChI=1S/C10H14N2O4S/c1-3-16-7(13)4-5-11-10-12-8(9(14)15)6(2)17-10/h3-5H2,1-2H3,(H,11,12)(H,14,15). The number of hydrogen-bond donors (Lipinski definition) is 2. The summed E-state index contributed by atoms with van der Waals surface area (Å²) in [7, 11) is 0. The Morgan fingerprint density at radius 3 is 2.76 bits per heavy atom. The first-order valence-corrected chi connectivity index (χ1v) is 5.96. The van der Waals surface area contributed by atoms with Crippen LogP contribution in [0.5, 0.6) is 0 Å². The van der Waals surface area contributed by atoms with Crippen molar-refractivity contribution in [3.05, 3.63) is 10.6 Å². The van der Waals surface area contributed by atoms with Gasteiger partial charge < -0.3 is 15.2 Å². The zero-order valence-corrected chi connectivity index (χ0v) is 10.5. The van der Waals surface area contributed by atoms with Crippen LogP contribution < -0.4 is 5.32 Å². The zero-order valence-electron chi connectivity index (χ0n) is 9.65. The number of carboxylic acids is 1. The number of carboxylic acid groups (broad SMARTS) is 1. The lowest BCUT2D eigenvalue weighted by atomic mass is 10.4. The molecule has 0 aliphatic rings. The summed E-state index contributed by atoms with van der Waals surface area (Å²) in [5.41, 5.74) is 0.0497. The molecule has 7 heteroatoms. The number of nitrogens with one attached hydrogen (secondary N) is 1. The van der Waals surface area contributed by atoms with Gasteiger partial charge in [-0.1, -0.05) is 0 Å². The van der Waals surface area contributed by atoms with Crippen molar-refractivity contribution in [3.8, 4) is 0 Å². The maximum Gasteiger partial charge on any atom is 0.355 e. The Kier molecular flexibility index (Phi) is 4.89. The van der Waals surface area contributed by atoms with Crippen LogP contribution in [0.2, 0.25) is 0 Å². The van der Waals surface area contributed by atoms with Crippen molar-refractivity contribution < 1.29 is 19.4 Å². The molecule has 0 amide bonds. The van der Waals surface area contributed by atoms with Gasteiger partial charge in [-0.3, -0.25) is 4.79 Å². The fourth-order valence-corrected chi connectivity index (χ4v) is 2.01. The molecule has 17 heavy (non-hydrogen) atoms. The number of ether oxygens (including phenoxy) is 1. The van der Waals surface area contributed by atoms with E-state index in [-0.39, 0.29) is 18.1 Å². The van der Waals surface area contributed by atoms with Crippen molar-refractivity contribution in [1.29, 1.82) is 0 Å². The van der Waals surface area contributed by atoms with Crippen LogP contribution in [0.3, 0.4) is 0 Å². The highest BCUT2D eigenvalue weighted by Crippen LogP contribution is 2.21. The molecule has 1 rings (SSSR count). The second-order valence-corrected chi connectivity index (χ2v) is 4.41. The van der Waals surface area contributed by atoms with E-state index in [0.29, 0.717) is 23.2 Å². The van der Waals surface area contributed by atoms with Gasteiger partial charge >= 0.3 is 11.9 Å². The van der Waals surface area contributed by atoms with Crippen LogP contribution in [0, 0.1) is 6.92 Å². The predicted molar refractivity (Wildman–Crippen MR) is 63.6 cm³/mol. The number of nitrogens with zero attached hydrogens (tertiary/aromatic N) is 1. The maximum absolute atomic E-state index is 11.0.